The number of aromatic nitrogens is 2. The summed E-state index contributed by atoms with van der Waals surface area (Å²) in [5.41, 5.74) is 7.66. The first kappa shape index (κ1) is 12.0. The Kier molecular flexibility index (Phi) is 2.76. The molecule has 0 aliphatic heterocycles. The van der Waals surface area contributed by atoms with Gasteiger partial charge in [-0.3, -0.25) is 4.79 Å². The molecule has 0 saturated carbocycles. The number of phenolic OH excluding ortho intramolecular Hbond substituents is 1. The van der Waals surface area contributed by atoms with Gasteiger partial charge in [-0.2, -0.15) is 5.10 Å². The first-order chi connectivity index (χ1) is 9.65. The van der Waals surface area contributed by atoms with E-state index in [-0.39, 0.29) is 11.7 Å². The van der Waals surface area contributed by atoms with Gasteiger partial charge in [-0.15, -0.1) is 0 Å². The van der Waals surface area contributed by atoms with Crippen LogP contribution in [0, 0.1) is 0 Å². The third-order valence-electron chi connectivity index (χ3n) is 2.95. The number of nitrogens with one attached hydrogen (secondary N) is 1. The number of benzene rings is 1. The molecule has 3 aromatic rings. The van der Waals surface area contributed by atoms with Gasteiger partial charge in [-0.05, 0) is 24.3 Å². The van der Waals surface area contributed by atoms with Crippen LogP contribution >= 0.6 is 0 Å². The van der Waals surface area contributed by atoms with E-state index in [2.05, 4.69) is 10.4 Å². The molecule has 0 fully saturated rings. The molecule has 4 N–H and O–H groups in total. The topological polar surface area (TPSA) is 92.6 Å². The molecule has 20 heavy (non-hydrogen) atoms. The fourth-order valence-corrected chi connectivity index (χ4v) is 1.96. The summed E-state index contributed by atoms with van der Waals surface area (Å²) in [4.78, 5) is 12.2. The Morgan fingerprint density at radius 3 is 2.95 bits per heavy atom. The van der Waals surface area contributed by atoms with Crippen molar-refractivity contribution in [1.29, 1.82) is 0 Å². The highest BCUT2D eigenvalue weighted by atomic mass is 16.3. The Morgan fingerprint density at radius 1 is 1.30 bits per heavy atom. The van der Waals surface area contributed by atoms with E-state index < -0.39 is 0 Å². The van der Waals surface area contributed by atoms with E-state index in [4.69, 9.17) is 5.73 Å². The summed E-state index contributed by atoms with van der Waals surface area (Å²) in [6.45, 7) is 0. The Balaban J connectivity index is 1.93. The van der Waals surface area contributed by atoms with Crippen molar-refractivity contribution >= 4 is 22.8 Å². The summed E-state index contributed by atoms with van der Waals surface area (Å²) >= 11 is 0. The predicted molar refractivity (Wildman–Crippen MR) is 75.7 cm³/mol. The first-order valence-corrected chi connectivity index (χ1v) is 5.97. The lowest BCUT2D eigenvalue weighted by Crippen LogP contribution is -2.12. The lowest BCUT2D eigenvalue weighted by molar-refractivity contribution is 0.102. The molecule has 1 amide bonds. The normalized spacial score (nSPS) is 10.6. The second kappa shape index (κ2) is 4.58. The van der Waals surface area contributed by atoms with Crippen molar-refractivity contribution in [2.24, 2.45) is 0 Å². The summed E-state index contributed by atoms with van der Waals surface area (Å²) in [5, 5.41) is 16.1. The number of aromatic hydroxyl groups is 1. The van der Waals surface area contributed by atoms with Crippen molar-refractivity contribution in [2.45, 2.75) is 0 Å². The third-order valence-corrected chi connectivity index (χ3v) is 2.95. The fourth-order valence-electron chi connectivity index (χ4n) is 1.96. The standard InChI is InChI=1S/C14H12N4O2/c15-11-7-9(19)4-5-12(11)17-14(20)10-8-16-18-6-2-1-3-13(10)18/h1-8,19H,15H2,(H,17,20). The molecule has 6 heteroatoms. The maximum Gasteiger partial charge on any atom is 0.259 e. The van der Waals surface area contributed by atoms with E-state index in [1.807, 2.05) is 18.2 Å². The highest BCUT2D eigenvalue weighted by Gasteiger charge is 2.13. The molecule has 0 atom stereocenters. The lowest BCUT2D eigenvalue weighted by Gasteiger charge is -2.07. The van der Waals surface area contributed by atoms with E-state index in [0.717, 1.165) is 0 Å². The van der Waals surface area contributed by atoms with Crippen molar-refractivity contribution in [3.8, 4) is 5.75 Å². The van der Waals surface area contributed by atoms with Crippen LogP contribution in [0.1, 0.15) is 10.4 Å². The van der Waals surface area contributed by atoms with Crippen LogP contribution in [-0.4, -0.2) is 20.6 Å². The van der Waals surface area contributed by atoms with E-state index in [0.29, 0.717) is 22.5 Å². The van der Waals surface area contributed by atoms with Gasteiger partial charge in [0, 0.05) is 12.3 Å². The number of amides is 1. The van der Waals surface area contributed by atoms with Gasteiger partial charge in [0.25, 0.3) is 5.91 Å². The van der Waals surface area contributed by atoms with Crippen LogP contribution in [0.3, 0.4) is 0 Å². The Hall–Kier alpha value is -3.02. The molecule has 0 saturated heterocycles. The number of carbonyl (C=O) groups excluding carboxylic acids is 1. The van der Waals surface area contributed by atoms with Crippen molar-refractivity contribution in [3.05, 3.63) is 54.4 Å². The Bertz CT molecular complexity index is 795. The van der Waals surface area contributed by atoms with Gasteiger partial charge in [0.05, 0.1) is 28.7 Å². The van der Waals surface area contributed by atoms with Crippen LogP contribution in [0.15, 0.2) is 48.8 Å². The van der Waals surface area contributed by atoms with Gasteiger partial charge in [-0.25, -0.2) is 4.52 Å². The number of phenols is 1. The van der Waals surface area contributed by atoms with Crippen LogP contribution in [0.5, 0.6) is 5.75 Å². The third kappa shape index (κ3) is 2.03. The summed E-state index contributed by atoms with van der Waals surface area (Å²) in [6, 6.07) is 9.87. The molecule has 2 heterocycles. The van der Waals surface area contributed by atoms with Crippen LogP contribution in [0.25, 0.3) is 5.52 Å². The number of pyridine rings is 1. The molecule has 0 spiro atoms. The Labute approximate surface area is 114 Å². The molecular formula is C14H12N4O2. The van der Waals surface area contributed by atoms with Crippen molar-refractivity contribution < 1.29 is 9.90 Å². The first-order valence-electron chi connectivity index (χ1n) is 5.97. The molecule has 100 valence electrons. The molecule has 2 aromatic heterocycles. The lowest BCUT2D eigenvalue weighted by atomic mass is 10.2. The number of nitrogen functional groups attached to an aromatic ring is 1. The van der Waals surface area contributed by atoms with Gasteiger partial charge in [0.15, 0.2) is 0 Å². The van der Waals surface area contributed by atoms with Crippen molar-refractivity contribution in [2.75, 3.05) is 11.1 Å². The zero-order chi connectivity index (χ0) is 14.1. The van der Waals surface area contributed by atoms with Crippen LogP contribution in [0.4, 0.5) is 11.4 Å². The quantitative estimate of drug-likeness (QED) is 0.488. The molecule has 3 rings (SSSR count). The van der Waals surface area contributed by atoms with E-state index >= 15 is 0 Å². The monoisotopic (exact) mass is 268 g/mol. The van der Waals surface area contributed by atoms with E-state index in [1.165, 1.54) is 18.3 Å². The fraction of sp³-hybridized carbons (Fsp3) is 0. The molecule has 0 unspecified atom stereocenters. The SMILES string of the molecule is Nc1cc(O)ccc1NC(=O)c1cnn2ccccc12. The highest BCUT2D eigenvalue weighted by Crippen LogP contribution is 2.24. The molecule has 0 bridgehead atoms. The van der Waals surface area contributed by atoms with Crippen LogP contribution in [0.2, 0.25) is 0 Å². The second-order valence-electron chi connectivity index (χ2n) is 4.31. The number of hydrogen-bond acceptors (Lipinski definition) is 4. The van der Waals surface area contributed by atoms with Gasteiger partial charge in [0.1, 0.15) is 5.75 Å². The Morgan fingerprint density at radius 2 is 2.15 bits per heavy atom. The van der Waals surface area contributed by atoms with E-state index in [1.54, 1.807) is 16.8 Å². The van der Waals surface area contributed by atoms with Crippen LogP contribution in [-0.2, 0) is 0 Å². The average Bonchev–Trinajstić information content (AvgIpc) is 2.86. The number of nitrogens with zero attached hydrogens (tertiary/aromatic N) is 2. The van der Waals surface area contributed by atoms with Crippen molar-refractivity contribution in [1.82, 2.24) is 9.61 Å². The minimum absolute atomic E-state index is 0.0523. The zero-order valence-electron chi connectivity index (χ0n) is 10.4. The number of hydrogen-bond donors (Lipinski definition) is 3. The van der Waals surface area contributed by atoms with Gasteiger partial charge in [0.2, 0.25) is 0 Å². The minimum atomic E-state index is -0.302. The van der Waals surface area contributed by atoms with Gasteiger partial charge >= 0.3 is 0 Å². The molecule has 1 aromatic carbocycles. The number of rotatable bonds is 2. The maximum absolute atomic E-state index is 12.2. The summed E-state index contributed by atoms with van der Waals surface area (Å²) < 4.78 is 1.62. The van der Waals surface area contributed by atoms with Crippen LogP contribution < -0.4 is 11.1 Å². The maximum atomic E-state index is 12.2. The number of carbonyl (C=O) groups is 1. The predicted octanol–water partition coefficient (Wildman–Crippen LogP) is 1.87. The molecule has 6 nitrogen and oxygen atoms in total. The number of anilines is 2. The average molecular weight is 268 g/mol. The largest absolute Gasteiger partial charge is 0.508 e. The number of fused-ring (bicyclic) bond motifs is 1. The molecule has 0 aliphatic rings. The van der Waals surface area contributed by atoms with Gasteiger partial charge < -0.3 is 16.2 Å². The summed E-state index contributed by atoms with van der Waals surface area (Å²) in [6.07, 6.45) is 3.27. The smallest absolute Gasteiger partial charge is 0.259 e. The number of nitrogens with two attached hydrogens (primary N) is 1. The molecule has 0 radical (unpaired) electrons. The van der Waals surface area contributed by atoms with Crippen molar-refractivity contribution in [3.63, 3.8) is 0 Å². The summed E-state index contributed by atoms with van der Waals surface area (Å²) in [7, 11) is 0. The van der Waals surface area contributed by atoms with Gasteiger partial charge in [-0.1, -0.05) is 6.07 Å². The van der Waals surface area contributed by atoms with E-state index in [9.17, 15) is 9.90 Å². The second-order valence-corrected chi connectivity index (χ2v) is 4.31. The highest BCUT2D eigenvalue weighted by molar-refractivity contribution is 6.09. The molecule has 0 aliphatic carbocycles. The zero-order valence-corrected chi connectivity index (χ0v) is 10.4. The molecular weight excluding hydrogens is 256 g/mol. The minimum Gasteiger partial charge on any atom is -0.508 e. The summed E-state index contributed by atoms with van der Waals surface area (Å²) in [5.74, 6) is -0.250.